The molecule has 11 heteroatoms. The van der Waals surface area contributed by atoms with Gasteiger partial charge in [-0.3, -0.25) is 19.2 Å². The lowest BCUT2D eigenvalue weighted by Crippen LogP contribution is -2.60. The smallest absolute Gasteiger partial charge is 0.243 e. The molecule has 6 N–H and O–H groups in total. The summed E-state index contributed by atoms with van der Waals surface area (Å²) in [6, 6.07) is 23.9. The highest BCUT2D eigenvalue weighted by Gasteiger charge is 2.33. The lowest BCUT2D eigenvalue weighted by Gasteiger charge is -2.33. The van der Waals surface area contributed by atoms with Crippen LogP contribution < -0.4 is 26.6 Å². The van der Waals surface area contributed by atoms with Crippen molar-refractivity contribution in [2.75, 3.05) is 26.7 Å². The van der Waals surface area contributed by atoms with Crippen LogP contribution in [-0.2, 0) is 38.4 Å². The zero-order chi connectivity index (χ0) is 34.9. The van der Waals surface area contributed by atoms with E-state index in [4.69, 9.17) is 0 Å². The van der Waals surface area contributed by atoms with Gasteiger partial charge in [-0.25, -0.2) is 0 Å². The molecule has 4 atom stereocenters. The van der Waals surface area contributed by atoms with E-state index in [1.807, 2.05) is 91.1 Å². The lowest BCUT2D eigenvalue weighted by molar-refractivity contribution is -0.133. The van der Waals surface area contributed by atoms with E-state index in [2.05, 4.69) is 43.5 Å². The SMILES string of the molecule is CN1CCC(N[C@@H]2CC(=O)N[C@@H](Cc3c[nH]c4ccccc34)C(=O)N[C@@H](Cc3ccccc3)C(=O)N[C@H](Cc3ccccc3)CNC2=O)CC1. The second-order valence-corrected chi connectivity index (χ2v) is 13.6. The van der Waals surface area contributed by atoms with Crippen molar-refractivity contribution in [3.05, 3.63) is 108 Å². The second-order valence-electron chi connectivity index (χ2n) is 13.6. The Hall–Kier alpha value is -5.00. The molecule has 3 heterocycles. The molecule has 0 unspecified atom stereocenters. The Morgan fingerprint density at radius 3 is 2.04 bits per heavy atom. The summed E-state index contributed by atoms with van der Waals surface area (Å²) in [5.74, 6) is -1.58. The fourth-order valence-corrected chi connectivity index (χ4v) is 6.91. The molecule has 2 aliphatic heterocycles. The van der Waals surface area contributed by atoms with E-state index in [1.165, 1.54) is 0 Å². The minimum Gasteiger partial charge on any atom is -0.361 e. The summed E-state index contributed by atoms with van der Waals surface area (Å²) >= 11 is 0. The Kier molecular flexibility index (Phi) is 11.6. The average Bonchev–Trinajstić information content (AvgIpc) is 3.53. The first-order chi connectivity index (χ1) is 24.3. The van der Waals surface area contributed by atoms with Crippen molar-refractivity contribution in [3.8, 4) is 0 Å². The quantitative estimate of drug-likeness (QED) is 0.169. The predicted molar refractivity (Wildman–Crippen MR) is 193 cm³/mol. The van der Waals surface area contributed by atoms with E-state index >= 15 is 0 Å². The molecule has 2 saturated heterocycles. The van der Waals surface area contributed by atoms with Gasteiger partial charge in [0.05, 0.1) is 18.5 Å². The fourth-order valence-electron chi connectivity index (χ4n) is 6.91. The molecule has 0 aliphatic carbocycles. The van der Waals surface area contributed by atoms with Crippen molar-refractivity contribution in [2.45, 2.75) is 68.7 Å². The molecule has 4 aromatic rings. The maximum atomic E-state index is 14.2. The Bertz CT molecular complexity index is 1750. The van der Waals surface area contributed by atoms with E-state index < -0.39 is 36.0 Å². The first kappa shape index (κ1) is 34.8. The van der Waals surface area contributed by atoms with E-state index in [0.717, 1.165) is 53.5 Å². The Morgan fingerprint density at radius 1 is 0.700 bits per heavy atom. The number of hydrogen-bond donors (Lipinski definition) is 6. The molecule has 0 spiro atoms. The Morgan fingerprint density at radius 2 is 1.32 bits per heavy atom. The maximum absolute atomic E-state index is 14.2. The number of para-hydroxylation sites is 1. The summed E-state index contributed by atoms with van der Waals surface area (Å²) < 4.78 is 0. The van der Waals surface area contributed by atoms with Gasteiger partial charge in [0.1, 0.15) is 12.1 Å². The number of benzene rings is 3. The number of rotatable bonds is 8. The van der Waals surface area contributed by atoms with Crippen LogP contribution in [0.2, 0.25) is 0 Å². The number of carbonyl (C=O) groups is 4. The number of piperidine rings is 1. The molecule has 11 nitrogen and oxygen atoms in total. The summed E-state index contributed by atoms with van der Waals surface area (Å²) in [6.45, 7) is 1.93. The predicted octanol–water partition coefficient (Wildman–Crippen LogP) is 2.22. The number of aromatic nitrogens is 1. The number of carbonyl (C=O) groups excluding carboxylic acids is 4. The number of amides is 4. The molecular formula is C39H47N7O4. The van der Waals surface area contributed by atoms with Gasteiger partial charge in [0, 0.05) is 42.5 Å². The number of aromatic amines is 1. The molecule has 0 saturated carbocycles. The minimum atomic E-state index is -0.997. The van der Waals surface area contributed by atoms with Crippen molar-refractivity contribution < 1.29 is 19.2 Å². The molecule has 2 fully saturated rings. The second kappa shape index (κ2) is 16.6. The summed E-state index contributed by atoms with van der Waals surface area (Å²) in [6.07, 6.45) is 4.31. The monoisotopic (exact) mass is 677 g/mol. The van der Waals surface area contributed by atoms with Crippen molar-refractivity contribution >= 4 is 34.5 Å². The van der Waals surface area contributed by atoms with E-state index in [0.29, 0.717) is 6.42 Å². The van der Waals surface area contributed by atoms with Gasteiger partial charge in [-0.1, -0.05) is 78.9 Å². The van der Waals surface area contributed by atoms with Gasteiger partial charge < -0.3 is 36.5 Å². The Balaban J connectivity index is 1.31. The summed E-state index contributed by atoms with van der Waals surface area (Å²) in [4.78, 5) is 61.4. The van der Waals surface area contributed by atoms with Crippen LogP contribution in [0, 0.1) is 0 Å². The molecule has 3 aromatic carbocycles. The van der Waals surface area contributed by atoms with Crippen LogP contribution >= 0.6 is 0 Å². The van der Waals surface area contributed by atoms with Gasteiger partial charge in [0.25, 0.3) is 0 Å². The molecular weight excluding hydrogens is 630 g/mol. The minimum absolute atomic E-state index is 0.0671. The molecule has 0 radical (unpaired) electrons. The number of likely N-dealkylation sites (tertiary alicyclic amines) is 1. The van der Waals surface area contributed by atoms with Crippen LogP contribution in [0.4, 0.5) is 0 Å². The molecule has 1 aromatic heterocycles. The van der Waals surface area contributed by atoms with Gasteiger partial charge in [-0.05, 0) is 62.2 Å². The van der Waals surface area contributed by atoms with Gasteiger partial charge in [0.2, 0.25) is 23.6 Å². The fraction of sp³-hybridized carbons (Fsp3) is 0.385. The van der Waals surface area contributed by atoms with Gasteiger partial charge in [-0.2, -0.15) is 0 Å². The van der Waals surface area contributed by atoms with Crippen molar-refractivity contribution in [1.29, 1.82) is 0 Å². The summed E-state index contributed by atoms with van der Waals surface area (Å²) in [5, 5.41) is 16.5. The highest BCUT2D eigenvalue weighted by atomic mass is 16.2. The molecule has 6 rings (SSSR count). The first-order valence-electron chi connectivity index (χ1n) is 17.6. The van der Waals surface area contributed by atoms with Crippen LogP contribution in [-0.4, -0.2) is 90.4 Å². The van der Waals surface area contributed by atoms with Gasteiger partial charge >= 0.3 is 0 Å². The third-order valence-corrected chi connectivity index (χ3v) is 9.72. The first-order valence-corrected chi connectivity index (χ1v) is 17.6. The third kappa shape index (κ3) is 9.36. The zero-order valence-electron chi connectivity index (χ0n) is 28.5. The number of nitrogens with one attached hydrogen (secondary N) is 6. The topological polar surface area (TPSA) is 147 Å². The highest BCUT2D eigenvalue weighted by molar-refractivity contribution is 5.95. The maximum Gasteiger partial charge on any atom is 0.243 e. The normalized spacial score (nSPS) is 23.4. The van der Waals surface area contributed by atoms with Crippen molar-refractivity contribution in [1.82, 2.24) is 36.5 Å². The van der Waals surface area contributed by atoms with Crippen LogP contribution in [0.15, 0.2) is 91.1 Å². The van der Waals surface area contributed by atoms with Gasteiger partial charge in [-0.15, -0.1) is 0 Å². The number of fused-ring (bicyclic) bond motifs is 1. The van der Waals surface area contributed by atoms with Crippen molar-refractivity contribution in [2.24, 2.45) is 0 Å². The summed E-state index contributed by atoms with van der Waals surface area (Å²) in [7, 11) is 2.07. The van der Waals surface area contributed by atoms with Crippen LogP contribution in [0.3, 0.4) is 0 Å². The molecule has 4 amide bonds. The highest BCUT2D eigenvalue weighted by Crippen LogP contribution is 2.20. The average molecular weight is 678 g/mol. The van der Waals surface area contributed by atoms with E-state index in [9.17, 15) is 19.2 Å². The van der Waals surface area contributed by atoms with Crippen molar-refractivity contribution in [3.63, 3.8) is 0 Å². The van der Waals surface area contributed by atoms with E-state index in [1.54, 1.807) is 0 Å². The lowest BCUT2D eigenvalue weighted by atomic mass is 9.99. The Labute approximate surface area is 293 Å². The van der Waals surface area contributed by atoms with Crippen LogP contribution in [0.1, 0.15) is 36.0 Å². The number of H-pyrrole nitrogens is 1. The molecule has 2 aliphatic rings. The third-order valence-electron chi connectivity index (χ3n) is 9.72. The molecule has 0 bridgehead atoms. The molecule has 262 valence electrons. The number of hydrogen-bond acceptors (Lipinski definition) is 6. The molecule has 50 heavy (non-hydrogen) atoms. The largest absolute Gasteiger partial charge is 0.361 e. The van der Waals surface area contributed by atoms with E-state index in [-0.39, 0.29) is 43.7 Å². The zero-order valence-corrected chi connectivity index (χ0v) is 28.5. The standard InChI is InChI=1S/C39H47N7O4/c1-46-18-16-29(17-19-46)42-35-23-36(47)44-34(22-28-24-40-32-15-9-8-14-31(28)32)39(50)45-33(21-27-12-6-3-7-13-27)38(49)43-30(25-41-37(35)48)20-26-10-4-2-5-11-26/h2-15,24,29-30,33-35,40,42H,16-23,25H2,1H3,(H,41,48)(H,43,49)(H,44,47)(H,45,50)/t30-,33+,34+,35-/m1/s1. The number of nitrogens with zero attached hydrogens (tertiary/aromatic N) is 1. The van der Waals surface area contributed by atoms with Crippen LogP contribution in [0.25, 0.3) is 10.9 Å². The summed E-state index contributed by atoms with van der Waals surface area (Å²) in [5.41, 5.74) is 3.64. The van der Waals surface area contributed by atoms with Gasteiger partial charge in [0.15, 0.2) is 0 Å². The van der Waals surface area contributed by atoms with Crippen LogP contribution in [0.5, 0.6) is 0 Å².